The lowest BCUT2D eigenvalue weighted by molar-refractivity contribution is 0.161. The molecule has 18 heavy (non-hydrogen) atoms. The maximum atomic E-state index is 5.83. The molecule has 1 heterocycles. The predicted octanol–water partition coefficient (Wildman–Crippen LogP) is 0.931. The number of hydrogen-bond acceptors (Lipinski definition) is 5. The molecular formula is C12H29N3O2Si. The quantitative estimate of drug-likeness (QED) is 0.484. The van der Waals surface area contributed by atoms with E-state index in [4.69, 9.17) is 8.85 Å². The van der Waals surface area contributed by atoms with Crippen LogP contribution in [0.2, 0.25) is 12.6 Å². The standard InChI is InChI=1S/C12H29N3O2Si/c1-4-16-18(3,17-5-2)12-6-7-14-15-10-8-13-9-11-15/h13-14H,4-12H2,1-3H3. The van der Waals surface area contributed by atoms with E-state index in [-0.39, 0.29) is 0 Å². The van der Waals surface area contributed by atoms with E-state index in [0.29, 0.717) is 0 Å². The molecule has 0 unspecified atom stereocenters. The Hall–Kier alpha value is 0.0169. The zero-order chi connectivity index (χ0) is 13.3. The van der Waals surface area contributed by atoms with Gasteiger partial charge < -0.3 is 14.2 Å². The molecule has 1 saturated heterocycles. The average molecular weight is 275 g/mol. The number of rotatable bonds is 9. The van der Waals surface area contributed by atoms with Crippen LogP contribution in [0, 0.1) is 0 Å². The SMILES string of the molecule is CCO[Si](C)(CCCNN1CCNCC1)OCC. The van der Waals surface area contributed by atoms with E-state index in [1.807, 2.05) is 13.8 Å². The summed E-state index contributed by atoms with van der Waals surface area (Å²) in [5.41, 5.74) is 3.48. The molecular weight excluding hydrogens is 246 g/mol. The molecule has 0 radical (unpaired) electrons. The fourth-order valence-electron chi connectivity index (χ4n) is 2.27. The third-order valence-electron chi connectivity index (χ3n) is 3.16. The van der Waals surface area contributed by atoms with Gasteiger partial charge in [-0.2, -0.15) is 0 Å². The number of hydrazine groups is 1. The first-order valence-electron chi connectivity index (χ1n) is 7.17. The van der Waals surface area contributed by atoms with Crippen LogP contribution in [-0.4, -0.2) is 59.5 Å². The minimum atomic E-state index is -1.91. The monoisotopic (exact) mass is 275 g/mol. The van der Waals surface area contributed by atoms with Crippen LogP contribution in [0.4, 0.5) is 0 Å². The minimum absolute atomic E-state index is 0.758. The van der Waals surface area contributed by atoms with Gasteiger partial charge in [-0.1, -0.05) is 0 Å². The summed E-state index contributed by atoms with van der Waals surface area (Å²) in [5.74, 6) is 0. The minimum Gasteiger partial charge on any atom is -0.395 e. The maximum Gasteiger partial charge on any atom is 0.334 e. The van der Waals surface area contributed by atoms with Crippen LogP contribution < -0.4 is 10.7 Å². The van der Waals surface area contributed by atoms with Gasteiger partial charge in [-0.05, 0) is 32.9 Å². The Labute approximate surface area is 112 Å². The van der Waals surface area contributed by atoms with Crippen LogP contribution in [0.15, 0.2) is 0 Å². The molecule has 0 aromatic heterocycles. The van der Waals surface area contributed by atoms with Crippen LogP contribution in [0.5, 0.6) is 0 Å². The Balaban J connectivity index is 2.13. The summed E-state index contributed by atoms with van der Waals surface area (Å²) in [7, 11) is -1.91. The first kappa shape index (κ1) is 16.1. The molecule has 0 atom stereocenters. The second-order valence-electron chi connectivity index (χ2n) is 4.75. The van der Waals surface area contributed by atoms with E-state index in [0.717, 1.165) is 58.4 Å². The van der Waals surface area contributed by atoms with E-state index >= 15 is 0 Å². The average Bonchev–Trinajstić information content (AvgIpc) is 2.37. The maximum absolute atomic E-state index is 5.83. The largest absolute Gasteiger partial charge is 0.395 e. The highest BCUT2D eigenvalue weighted by Gasteiger charge is 2.29. The Bertz CT molecular complexity index is 207. The Morgan fingerprint density at radius 2 is 1.78 bits per heavy atom. The number of nitrogens with one attached hydrogen (secondary N) is 2. The topological polar surface area (TPSA) is 45.8 Å². The van der Waals surface area contributed by atoms with Gasteiger partial charge in [0.1, 0.15) is 0 Å². The van der Waals surface area contributed by atoms with Crippen molar-refractivity contribution in [3.63, 3.8) is 0 Å². The van der Waals surface area contributed by atoms with Crippen LogP contribution in [0.25, 0.3) is 0 Å². The molecule has 5 nitrogen and oxygen atoms in total. The summed E-state index contributed by atoms with van der Waals surface area (Å²) < 4.78 is 11.7. The molecule has 2 N–H and O–H groups in total. The molecule has 1 rings (SSSR count). The zero-order valence-corrected chi connectivity index (χ0v) is 13.1. The first-order chi connectivity index (χ1) is 8.70. The highest BCUT2D eigenvalue weighted by molar-refractivity contribution is 6.66. The summed E-state index contributed by atoms with van der Waals surface area (Å²) in [6, 6.07) is 1.06. The van der Waals surface area contributed by atoms with Crippen molar-refractivity contribution in [1.82, 2.24) is 15.8 Å². The second-order valence-corrected chi connectivity index (χ2v) is 8.09. The molecule has 0 amide bonds. The summed E-state index contributed by atoms with van der Waals surface area (Å²) in [6.45, 7) is 13.1. The Kier molecular flexibility index (Phi) is 8.04. The van der Waals surface area contributed by atoms with E-state index in [2.05, 4.69) is 22.3 Å². The van der Waals surface area contributed by atoms with Crippen LogP contribution in [-0.2, 0) is 8.85 Å². The van der Waals surface area contributed by atoms with Gasteiger partial charge in [-0.15, -0.1) is 0 Å². The normalized spacial score (nSPS) is 18.2. The van der Waals surface area contributed by atoms with Gasteiger partial charge in [0.2, 0.25) is 0 Å². The molecule has 0 aromatic carbocycles. The summed E-state index contributed by atoms with van der Waals surface area (Å²) in [4.78, 5) is 0. The van der Waals surface area contributed by atoms with Gasteiger partial charge in [0, 0.05) is 45.9 Å². The molecule has 0 aliphatic carbocycles. The summed E-state index contributed by atoms with van der Waals surface area (Å²) >= 11 is 0. The van der Waals surface area contributed by atoms with E-state index in [1.165, 1.54) is 0 Å². The third-order valence-corrected chi connectivity index (χ3v) is 6.22. The predicted molar refractivity (Wildman–Crippen MR) is 76.7 cm³/mol. The molecule has 1 aliphatic rings. The van der Waals surface area contributed by atoms with Gasteiger partial charge in [0.15, 0.2) is 0 Å². The lowest BCUT2D eigenvalue weighted by atomic mass is 10.4. The van der Waals surface area contributed by atoms with Crippen molar-refractivity contribution >= 4 is 8.56 Å². The molecule has 0 aromatic rings. The molecule has 1 aliphatic heterocycles. The van der Waals surface area contributed by atoms with Gasteiger partial charge >= 0.3 is 8.56 Å². The third kappa shape index (κ3) is 6.26. The van der Waals surface area contributed by atoms with Crippen molar-refractivity contribution in [2.45, 2.75) is 32.9 Å². The van der Waals surface area contributed by atoms with Crippen molar-refractivity contribution in [2.75, 3.05) is 45.9 Å². The molecule has 108 valence electrons. The van der Waals surface area contributed by atoms with Gasteiger partial charge in [-0.3, -0.25) is 5.43 Å². The van der Waals surface area contributed by atoms with Crippen molar-refractivity contribution in [3.8, 4) is 0 Å². The van der Waals surface area contributed by atoms with E-state index in [1.54, 1.807) is 0 Å². The van der Waals surface area contributed by atoms with Gasteiger partial charge in [0.25, 0.3) is 0 Å². The molecule has 0 spiro atoms. The highest BCUT2D eigenvalue weighted by atomic mass is 28.4. The van der Waals surface area contributed by atoms with E-state index < -0.39 is 8.56 Å². The first-order valence-corrected chi connectivity index (χ1v) is 9.69. The van der Waals surface area contributed by atoms with Gasteiger partial charge in [-0.25, -0.2) is 5.01 Å². The second kappa shape index (κ2) is 9.01. The smallest absolute Gasteiger partial charge is 0.334 e. The van der Waals surface area contributed by atoms with Crippen molar-refractivity contribution < 1.29 is 8.85 Å². The number of nitrogens with zero attached hydrogens (tertiary/aromatic N) is 1. The highest BCUT2D eigenvalue weighted by Crippen LogP contribution is 2.15. The van der Waals surface area contributed by atoms with Crippen molar-refractivity contribution in [2.24, 2.45) is 0 Å². The lowest BCUT2D eigenvalue weighted by Gasteiger charge is -2.29. The van der Waals surface area contributed by atoms with E-state index in [9.17, 15) is 0 Å². The number of piperazine rings is 1. The van der Waals surface area contributed by atoms with Crippen molar-refractivity contribution in [1.29, 1.82) is 0 Å². The Morgan fingerprint density at radius 1 is 1.17 bits per heavy atom. The summed E-state index contributed by atoms with van der Waals surface area (Å²) in [5, 5.41) is 5.65. The Morgan fingerprint density at radius 3 is 2.33 bits per heavy atom. The fourth-order valence-corrected chi connectivity index (χ4v) is 4.68. The molecule has 1 fully saturated rings. The zero-order valence-electron chi connectivity index (χ0n) is 12.1. The lowest BCUT2D eigenvalue weighted by Crippen LogP contribution is -2.50. The molecule has 0 saturated carbocycles. The molecule has 0 bridgehead atoms. The van der Waals surface area contributed by atoms with Gasteiger partial charge in [0.05, 0.1) is 0 Å². The number of hydrogen-bond donors (Lipinski definition) is 2. The van der Waals surface area contributed by atoms with Crippen molar-refractivity contribution in [3.05, 3.63) is 0 Å². The van der Waals surface area contributed by atoms with Crippen LogP contribution in [0.3, 0.4) is 0 Å². The van der Waals surface area contributed by atoms with Crippen LogP contribution in [0.1, 0.15) is 20.3 Å². The molecule has 6 heteroatoms. The van der Waals surface area contributed by atoms with Crippen LogP contribution >= 0.6 is 0 Å². The fraction of sp³-hybridized carbons (Fsp3) is 1.00. The summed E-state index contributed by atoms with van der Waals surface area (Å²) in [6.07, 6.45) is 1.12.